The van der Waals surface area contributed by atoms with E-state index >= 15 is 0 Å². The monoisotopic (exact) mass is 295 g/mol. The average Bonchev–Trinajstić information content (AvgIpc) is 2.97. The molecular weight excluding hydrogens is 282 g/mol. The van der Waals surface area contributed by atoms with Gasteiger partial charge in [0.25, 0.3) is 0 Å². The fraction of sp³-hybridized carbons (Fsp3) is 0.0588. The fourth-order valence-corrected chi connectivity index (χ4v) is 2.87. The number of Topliss-reactive ketones (excluding diaryl/α,β-unsaturated/α-hetero) is 1. The Labute approximate surface area is 126 Å². The van der Waals surface area contributed by atoms with Crippen LogP contribution >= 0.6 is 11.3 Å². The van der Waals surface area contributed by atoms with Gasteiger partial charge in [0.2, 0.25) is 0 Å². The van der Waals surface area contributed by atoms with Gasteiger partial charge in [0.05, 0.1) is 12.1 Å². The Kier molecular flexibility index (Phi) is 3.79. The van der Waals surface area contributed by atoms with Crippen molar-refractivity contribution in [2.75, 3.05) is 0 Å². The molecule has 3 aromatic rings. The molecule has 0 saturated heterocycles. The van der Waals surface area contributed by atoms with E-state index in [9.17, 15) is 9.90 Å². The van der Waals surface area contributed by atoms with E-state index in [2.05, 4.69) is 4.98 Å². The van der Waals surface area contributed by atoms with Crippen LogP contribution in [0.1, 0.15) is 16.1 Å². The molecule has 0 aliphatic carbocycles. The number of ketones is 1. The zero-order valence-corrected chi connectivity index (χ0v) is 12.0. The molecule has 0 radical (unpaired) electrons. The second-order valence-corrected chi connectivity index (χ2v) is 5.52. The van der Waals surface area contributed by atoms with E-state index in [1.807, 2.05) is 41.8 Å². The molecule has 3 rings (SSSR count). The second-order valence-electron chi connectivity index (χ2n) is 4.66. The minimum Gasteiger partial charge on any atom is -0.508 e. The number of carbonyl (C=O) groups excluding carboxylic acids is 1. The molecule has 0 bridgehead atoms. The predicted octanol–water partition coefficient (Wildman–Crippen LogP) is 3.94. The summed E-state index contributed by atoms with van der Waals surface area (Å²) in [6.45, 7) is 0. The summed E-state index contributed by atoms with van der Waals surface area (Å²) in [4.78, 5) is 16.6. The Morgan fingerprint density at radius 2 is 1.90 bits per heavy atom. The van der Waals surface area contributed by atoms with E-state index in [1.54, 1.807) is 18.2 Å². The normalized spacial score (nSPS) is 10.5. The van der Waals surface area contributed by atoms with Crippen molar-refractivity contribution in [3.63, 3.8) is 0 Å². The van der Waals surface area contributed by atoms with Gasteiger partial charge in [0.15, 0.2) is 5.78 Å². The zero-order valence-electron chi connectivity index (χ0n) is 11.2. The maximum absolute atomic E-state index is 12.1. The van der Waals surface area contributed by atoms with Crippen LogP contribution < -0.4 is 0 Å². The van der Waals surface area contributed by atoms with Crippen molar-refractivity contribution in [3.05, 3.63) is 71.2 Å². The topological polar surface area (TPSA) is 50.2 Å². The molecule has 0 unspecified atom stereocenters. The van der Waals surface area contributed by atoms with E-state index < -0.39 is 0 Å². The van der Waals surface area contributed by atoms with Crippen LogP contribution in [0.15, 0.2) is 60.0 Å². The van der Waals surface area contributed by atoms with E-state index in [0.717, 1.165) is 16.3 Å². The van der Waals surface area contributed by atoms with E-state index in [4.69, 9.17) is 0 Å². The molecule has 0 atom stereocenters. The quantitative estimate of drug-likeness (QED) is 0.742. The number of rotatable bonds is 4. The minimum atomic E-state index is 0.0587. The Balaban J connectivity index is 1.78. The standard InChI is InChI=1S/C17H13NO2S/c19-15-8-4-7-13(9-15)17-18-14(11-21-17)10-16(20)12-5-2-1-3-6-12/h1-9,11,19H,10H2. The van der Waals surface area contributed by atoms with Gasteiger partial charge in [-0.2, -0.15) is 0 Å². The molecule has 3 nitrogen and oxygen atoms in total. The first-order chi connectivity index (χ1) is 10.2. The summed E-state index contributed by atoms with van der Waals surface area (Å²) in [6.07, 6.45) is 0.291. The number of phenols is 1. The molecular formula is C17H13NO2S. The third kappa shape index (κ3) is 3.17. The lowest BCUT2D eigenvalue weighted by Gasteiger charge is -1.98. The third-order valence-electron chi connectivity index (χ3n) is 3.08. The summed E-state index contributed by atoms with van der Waals surface area (Å²) in [5.41, 5.74) is 2.31. The molecule has 1 heterocycles. The van der Waals surface area contributed by atoms with E-state index in [0.29, 0.717) is 12.0 Å². The van der Waals surface area contributed by atoms with Crippen LogP contribution in [-0.2, 0) is 6.42 Å². The summed E-state index contributed by atoms with van der Waals surface area (Å²) in [5.74, 6) is 0.271. The first kappa shape index (κ1) is 13.5. The van der Waals surface area contributed by atoms with Crippen molar-refractivity contribution in [2.45, 2.75) is 6.42 Å². The number of aromatic hydroxyl groups is 1. The van der Waals surface area contributed by atoms with Gasteiger partial charge in [0.1, 0.15) is 10.8 Å². The fourth-order valence-electron chi connectivity index (χ4n) is 2.05. The van der Waals surface area contributed by atoms with Crippen molar-refractivity contribution in [1.29, 1.82) is 0 Å². The van der Waals surface area contributed by atoms with Gasteiger partial charge >= 0.3 is 0 Å². The maximum Gasteiger partial charge on any atom is 0.168 e. The van der Waals surface area contributed by atoms with Crippen molar-refractivity contribution in [1.82, 2.24) is 4.98 Å². The molecule has 0 fully saturated rings. The molecule has 1 aromatic heterocycles. The summed E-state index contributed by atoms with van der Waals surface area (Å²) in [6, 6.07) is 16.2. The Morgan fingerprint density at radius 1 is 1.10 bits per heavy atom. The van der Waals surface area contributed by atoms with Crippen LogP contribution in [0.5, 0.6) is 5.75 Å². The van der Waals surface area contributed by atoms with Crippen LogP contribution in [0.4, 0.5) is 0 Å². The lowest BCUT2D eigenvalue weighted by Crippen LogP contribution is -2.03. The van der Waals surface area contributed by atoms with Crippen molar-refractivity contribution in [2.24, 2.45) is 0 Å². The summed E-state index contributed by atoms with van der Waals surface area (Å²) < 4.78 is 0. The Morgan fingerprint density at radius 3 is 2.67 bits per heavy atom. The number of aromatic nitrogens is 1. The Bertz CT molecular complexity index is 765. The van der Waals surface area contributed by atoms with Gasteiger partial charge in [-0.05, 0) is 12.1 Å². The molecule has 2 aromatic carbocycles. The summed E-state index contributed by atoms with van der Waals surface area (Å²) in [7, 11) is 0. The Hall–Kier alpha value is -2.46. The lowest BCUT2D eigenvalue weighted by molar-refractivity contribution is 0.0992. The highest BCUT2D eigenvalue weighted by Gasteiger charge is 2.10. The van der Waals surface area contributed by atoms with Crippen LogP contribution in [0.3, 0.4) is 0 Å². The highest BCUT2D eigenvalue weighted by atomic mass is 32.1. The average molecular weight is 295 g/mol. The van der Waals surface area contributed by atoms with Crippen molar-refractivity contribution < 1.29 is 9.90 Å². The molecule has 0 amide bonds. The van der Waals surface area contributed by atoms with Crippen molar-refractivity contribution in [3.8, 4) is 16.3 Å². The van der Waals surface area contributed by atoms with Crippen LogP contribution in [0, 0.1) is 0 Å². The third-order valence-corrected chi connectivity index (χ3v) is 4.02. The number of phenolic OH excluding ortho intramolecular Hbond substituents is 1. The van der Waals surface area contributed by atoms with E-state index in [-0.39, 0.29) is 11.5 Å². The first-order valence-electron chi connectivity index (χ1n) is 6.54. The summed E-state index contributed by atoms with van der Waals surface area (Å²) >= 11 is 1.47. The van der Waals surface area contributed by atoms with Gasteiger partial charge in [-0.15, -0.1) is 11.3 Å². The minimum absolute atomic E-state index is 0.0587. The van der Waals surface area contributed by atoms with E-state index in [1.165, 1.54) is 11.3 Å². The lowest BCUT2D eigenvalue weighted by atomic mass is 10.1. The van der Waals surface area contributed by atoms with Crippen LogP contribution in [0.2, 0.25) is 0 Å². The number of hydrogen-bond acceptors (Lipinski definition) is 4. The highest BCUT2D eigenvalue weighted by molar-refractivity contribution is 7.13. The largest absolute Gasteiger partial charge is 0.508 e. The number of benzene rings is 2. The zero-order chi connectivity index (χ0) is 14.7. The van der Waals surface area contributed by atoms with Crippen LogP contribution in [0.25, 0.3) is 10.6 Å². The van der Waals surface area contributed by atoms with Gasteiger partial charge in [-0.1, -0.05) is 42.5 Å². The molecule has 4 heteroatoms. The first-order valence-corrected chi connectivity index (χ1v) is 7.42. The molecule has 0 spiro atoms. The molecule has 21 heavy (non-hydrogen) atoms. The number of carbonyl (C=O) groups is 1. The van der Waals surface area contributed by atoms with Gasteiger partial charge in [-0.3, -0.25) is 4.79 Å². The number of thiazole rings is 1. The van der Waals surface area contributed by atoms with Gasteiger partial charge in [-0.25, -0.2) is 4.98 Å². The summed E-state index contributed by atoms with van der Waals surface area (Å²) in [5, 5.41) is 12.2. The molecule has 0 aliphatic heterocycles. The predicted molar refractivity (Wildman–Crippen MR) is 83.7 cm³/mol. The molecule has 1 N–H and O–H groups in total. The van der Waals surface area contributed by atoms with Crippen molar-refractivity contribution >= 4 is 17.1 Å². The van der Waals surface area contributed by atoms with Gasteiger partial charge < -0.3 is 5.11 Å². The number of nitrogens with zero attached hydrogens (tertiary/aromatic N) is 1. The maximum atomic E-state index is 12.1. The molecule has 104 valence electrons. The molecule has 0 saturated carbocycles. The SMILES string of the molecule is O=C(Cc1csc(-c2cccc(O)c2)n1)c1ccccc1. The second kappa shape index (κ2) is 5.89. The highest BCUT2D eigenvalue weighted by Crippen LogP contribution is 2.26. The number of hydrogen-bond donors (Lipinski definition) is 1. The molecule has 0 aliphatic rings. The smallest absolute Gasteiger partial charge is 0.168 e. The van der Waals surface area contributed by atoms with Gasteiger partial charge in [0, 0.05) is 16.5 Å². The van der Waals surface area contributed by atoms with Crippen LogP contribution in [-0.4, -0.2) is 15.9 Å².